The average Bonchev–Trinajstić information content (AvgIpc) is 2.79. The Hall–Kier alpha value is -1.76. The summed E-state index contributed by atoms with van der Waals surface area (Å²) in [5.74, 6) is 0.740. The van der Waals surface area contributed by atoms with Gasteiger partial charge in [0, 0.05) is 60.4 Å². The fourth-order valence-corrected chi connectivity index (χ4v) is 5.32. The first kappa shape index (κ1) is 22.4. The number of amides is 1. The van der Waals surface area contributed by atoms with Crippen molar-refractivity contribution in [3.63, 3.8) is 0 Å². The molecule has 0 aromatic heterocycles. The van der Waals surface area contributed by atoms with Crippen LogP contribution in [0.3, 0.4) is 0 Å². The lowest BCUT2D eigenvalue weighted by Gasteiger charge is -2.37. The van der Waals surface area contributed by atoms with Gasteiger partial charge in [0.25, 0.3) is 0 Å². The molecule has 0 unspecified atom stereocenters. The average molecular weight is 462 g/mol. The van der Waals surface area contributed by atoms with E-state index in [-0.39, 0.29) is 11.7 Å². The summed E-state index contributed by atoms with van der Waals surface area (Å²) in [7, 11) is 0. The quantitative estimate of drug-likeness (QED) is 0.587. The molecule has 1 amide bonds. The SMILES string of the molecule is O=C(NCCCCN1CCN(C2=C(F)CCC=C2)CC1)C1=Cc2cc(Cl)ccc2SC1. The van der Waals surface area contributed by atoms with E-state index in [9.17, 15) is 9.18 Å². The molecule has 1 fully saturated rings. The molecule has 1 aromatic carbocycles. The molecule has 1 aliphatic carbocycles. The highest BCUT2D eigenvalue weighted by Crippen LogP contribution is 2.33. The maximum atomic E-state index is 14.0. The van der Waals surface area contributed by atoms with Crippen LogP contribution in [0, 0.1) is 0 Å². The predicted octanol–water partition coefficient (Wildman–Crippen LogP) is 4.87. The Morgan fingerprint density at radius 3 is 2.84 bits per heavy atom. The van der Waals surface area contributed by atoms with Gasteiger partial charge in [0.05, 0.1) is 5.70 Å². The number of thioether (sulfide) groups is 1. The molecule has 0 atom stereocenters. The summed E-state index contributed by atoms with van der Waals surface area (Å²) in [5.41, 5.74) is 2.61. The molecular formula is C24H29ClFN3OS. The van der Waals surface area contributed by atoms with Gasteiger partial charge in [-0.1, -0.05) is 17.7 Å². The number of piperazine rings is 1. The Kier molecular flexibility index (Phi) is 7.75. The van der Waals surface area contributed by atoms with Gasteiger partial charge < -0.3 is 10.2 Å². The minimum atomic E-state index is 0.0163. The number of carbonyl (C=O) groups is 1. The van der Waals surface area contributed by atoms with Crippen molar-refractivity contribution in [3.8, 4) is 0 Å². The molecule has 4 nitrogen and oxygen atoms in total. The molecule has 0 bridgehead atoms. The third-order valence-corrected chi connectivity index (χ3v) is 7.33. The van der Waals surface area contributed by atoms with Gasteiger partial charge in [-0.05, 0) is 61.7 Å². The van der Waals surface area contributed by atoms with E-state index in [4.69, 9.17) is 11.6 Å². The topological polar surface area (TPSA) is 35.6 Å². The van der Waals surface area contributed by atoms with Crippen molar-refractivity contribution in [2.24, 2.45) is 0 Å². The normalized spacial score (nSPS) is 19.3. The van der Waals surface area contributed by atoms with Crippen molar-refractivity contribution in [1.82, 2.24) is 15.1 Å². The van der Waals surface area contributed by atoms with Crippen LogP contribution >= 0.6 is 23.4 Å². The predicted molar refractivity (Wildman–Crippen MR) is 127 cm³/mol. The zero-order valence-electron chi connectivity index (χ0n) is 17.7. The van der Waals surface area contributed by atoms with Crippen LogP contribution < -0.4 is 5.32 Å². The molecule has 2 heterocycles. The van der Waals surface area contributed by atoms with Crippen LogP contribution in [-0.2, 0) is 4.79 Å². The van der Waals surface area contributed by atoms with Gasteiger partial charge in [0.15, 0.2) is 0 Å². The molecule has 166 valence electrons. The van der Waals surface area contributed by atoms with Crippen LogP contribution in [0.1, 0.15) is 31.2 Å². The van der Waals surface area contributed by atoms with Crippen LogP contribution in [0.2, 0.25) is 5.02 Å². The summed E-state index contributed by atoms with van der Waals surface area (Å²) in [6, 6.07) is 5.80. The molecule has 0 spiro atoms. The highest BCUT2D eigenvalue weighted by Gasteiger charge is 2.21. The molecule has 0 saturated carbocycles. The Bertz CT molecular complexity index is 906. The van der Waals surface area contributed by atoms with Gasteiger partial charge in [0.2, 0.25) is 5.91 Å². The third-order valence-electron chi connectivity index (χ3n) is 5.96. The molecule has 1 aromatic rings. The molecular weight excluding hydrogens is 433 g/mol. The lowest BCUT2D eigenvalue weighted by molar-refractivity contribution is -0.117. The summed E-state index contributed by atoms with van der Waals surface area (Å²) >= 11 is 7.75. The highest BCUT2D eigenvalue weighted by atomic mass is 35.5. The Morgan fingerprint density at radius 2 is 2.03 bits per heavy atom. The minimum absolute atomic E-state index is 0.0163. The second-order valence-corrected chi connectivity index (χ2v) is 9.62. The number of fused-ring (bicyclic) bond motifs is 1. The zero-order valence-corrected chi connectivity index (χ0v) is 19.3. The molecule has 2 aliphatic heterocycles. The van der Waals surface area contributed by atoms with Crippen LogP contribution in [0.25, 0.3) is 6.08 Å². The van der Waals surface area contributed by atoms with Gasteiger partial charge >= 0.3 is 0 Å². The van der Waals surface area contributed by atoms with Crippen molar-refractivity contribution >= 4 is 35.3 Å². The van der Waals surface area contributed by atoms with Crippen molar-refractivity contribution in [2.45, 2.75) is 30.6 Å². The summed E-state index contributed by atoms with van der Waals surface area (Å²) in [6.45, 7) is 5.38. The van der Waals surface area contributed by atoms with Crippen molar-refractivity contribution < 1.29 is 9.18 Å². The smallest absolute Gasteiger partial charge is 0.248 e. The fraction of sp³-hybridized carbons (Fsp3) is 0.458. The largest absolute Gasteiger partial charge is 0.367 e. The number of hydrogen-bond acceptors (Lipinski definition) is 4. The number of benzene rings is 1. The lowest BCUT2D eigenvalue weighted by Crippen LogP contribution is -2.46. The van der Waals surface area contributed by atoms with Crippen LogP contribution in [-0.4, -0.2) is 60.7 Å². The first-order valence-corrected chi connectivity index (χ1v) is 12.4. The summed E-state index contributed by atoms with van der Waals surface area (Å²) in [5, 5.41) is 3.74. The van der Waals surface area contributed by atoms with Gasteiger partial charge in [-0.2, -0.15) is 0 Å². The number of nitrogens with one attached hydrogen (secondary N) is 1. The number of allylic oxidation sites excluding steroid dienone is 3. The van der Waals surface area contributed by atoms with Gasteiger partial charge in [0.1, 0.15) is 5.83 Å². The maximum Gasteiger partial charge on any atom is 0.248 e. The van der Waals surface area contributed by atoms with Gasteiger partial charge in [-0.15, -0.1) is 11.8 Å². The monoisotopic (exact) mass is 461 g/mol. The lowest BCUT2D eigenvalue weighted by atomic mass is 10.1. The van der Waals surface area contributed by atoms with Crippen molar-refractivity contribution in [2.75, 3.05) is 45.0 Å². The Labute approximate surface area is 193 Å². The summed E-state index contributed by atoms with van der Waals surface area (Å²) < 4.78 is 14.0. The Morgan fingerprint density at radius 1 is 1.19 bits per heavy atom. The number of halogens is 2. The highest BCUT2D eigenvalue weighted by molar-refractivity contribution is 7.99. The van der Waals surface area contributed by atoms with Crippen LogP contribution in [0.4, 0.5) is 4.39 Å². The molecule has 0 radical (unpaired) electrons. The van der Waals surface area contributed by atoms with E-state index in [1.807, 2.05) is 30.4 Å². The molecule has 1 saturated heterocycles. The maximum absolute atomic E-state index is 14.0. The van der Waals surface area contributed by atoms with Crippen molar-refractivity contribution in [1.29, 1.82) is 0 Å². The fourth-order valence-electron chi connectivity index (χ4n) is 4.17. The molecule has 31 heavy (non-hydrogen) atoms. The van der Waals surface area contributed by atoms with E-state index in [2.05, 4.69) is 21.2 Å². The number of carbonyl (C=O) groups excluding carboxylic acids is 1. The zero-order chi connectivity index (χ0) is 21.6. The summed E-state index contributed by atoms with van der Waals surface area (Å²) in [6.07, 6.45) is 9.30. The van der Waals surface area contributed by atoms with E-state index in [1.165, 1.54) is 4.90 Å². The minimum Gasteiger partial charge on any atom is -0.367 e. The van der Waals surface area contributed by atoms with Crippen molar-refractivity contribution in [3.05, 3.63) is 58.0 Å². The second-order valence-electron chi connectivity index (χ2n) is 8.16. The standard InChI is InChI=1S/C24H29ClFN3OS/c25-20-7-8-23-18(16-20)15-19(17-31-23)24(30)27-9-3-4-10-28-11-13-29(14-12-28)22-6-2-1-5-21(22)26/h2,6-8,15-16H,1,3-5,9-14,17H2,(H,27,30). The molecule has 7 heteroatoms. The van der Waals surface area contributed by atoms with E-state index in [0.717, 1.165) is 68.8 Å². The Balaban J connectivity index is 1.14. The molecule has 4 rings (SSSR count). The van der Waals surface area contributed by atoms with Gasteiger partial charge in [-0.25, -0.2) is 4.39 Å². The first-order chi connectivity index (χ1) is 15.1. The number of rotatable bonds is 7. The van der Waals surface area contributed by atoms with E-state index in [0.29, 0.717) is 23.7 Å². The third kappa shape index (κ3) is 5.93. The van der Waals surface area contributed by atoms with Gasteiger partial charge in [-0.3, -0.25) is 9.69 Å². The molecule has 3 aliphatic rings. The second kappa shape index (κ2) is 10.7. The molecule has 1 N–H and O–H groups in total. The van der Waals surface area contributed by atoms with E-state index in [1.54, 1.807) is 11.8 Å². The number of hydrogen-bond donors (Lipinski definition) is 1. The van der Waals surface area contributed by atoms with E-state index >= 15 is 0 Å². The van der Waals surface area contributed by atoms with Crippen LogP contribution in [0.15, 0.2) is 52.3 Å². The number of unbranched alkanes of at least 4 members (excludes halogenated alkanes) is 1. The summed E-state index contributed by atoms with van der Waals surface area (Å²) in [4.78, 5) is 18.3. The van der Waals surface area contributed by atoms with E-state index < -0.39 is 0 Å². The number of nitrogens with zero attached hydrogens (tertiary/aromatic N) is 2. The first-order valence-electron chi connectivity index (χ1n) is 11.0. The van der Waals surface area contributed by atoms with Crippen LogP contribution in [0.5, 0.6) is 0 Å².